The molecule has 2 saturated heterocycles. The summed E-state index contributed by atoms with van der Waals surface area (Å²) in [4.78, 5) is 0.333. The van der Waals surface area contributed by atoms with Gasteiger partial charge in [-0.1, -0.05) is 13.3 Å². The second kappa shape index (κ2) is 7.34. The quantitative estimate of drug-likeness (QED) is 0.796. The first-order valence-electron chi connectivity index (χ1n) is 8.92. The third kappa shape index (κ3) is 3.92. The van der Waals surface area contributed by atoms with Crippen molar-refractivity contribution < 1.29 is 16.8 Å². The number of nitrogens with zero attached hydrogens (tertiary/aromatic N) is 2. The molecule has 1 atom stereocenters. The van der Waals surface area contributed by atoms with Crippen LogP contribution in [0.4, 0.5) is 0 Å². The zero-order valence-corrected chi connectivity index (χ0v) is 16.2. The van der Waals surface area contributed by atoms with E-state index in [-0.39, 0.29) is 9.79 Å². The lowest BCUT2D eigenvalue weighted by atomic mass is 10.0. The molecule has 1 aromatic rings. The molecule has 8 heteroatoms. The van der Waals surface area contributed by atoms with Crippen LogP contribution in [0.3, 0.4) is 0 Å². The lowest BCUT2D eigenvalue weighted by molar-refractivity contribution is 0.281. The second-order valence-corrected chi connectivity index (χ2v) is 10.9. The van der Waals surface area contributed by atoms with Gasteiger partial charge in [0.05, 0.1) is 9.79 Å². The minimum atomic E-state index is -3.56. The summed E-state index contributed by atoms with van der Waals surface area (Å²) < 4.78 is 53.8. The van der Waals surface area contributed by atoms with E-state index in [1.54, 1.807) is 0 Å². The maximum atomic E-state index is 12.8. The predicted molar refractivity (Wildman–Crippen MR) is 96.2 cm³/mol. The van der Waals surface area contributed by atoms with Gasteiger partial charge in [-0.3, -0.25) is 0 Å². The zero-order valence-electron chi connectivity index (χ0n) is 14.6. The van der Waals surface area contributed by atoms with Crippen LogP contribution in [0.1, 0.15) is 39.0 Å². The van der Waals surface area contributed by atoms with E-state index >= 15 is 0 Å². The fraction of sp³-hybridized carbons (Fsp3) is 0.647. The number of hydrogen-bond donors (Lipinski definition) is 0. The van der Waals surface area contributed by atoms with Crippen molar-refractivity contribution in [3.05, 3.63) is 24.3 Å². The Morgan fingerprint density at radius 2 is 1.24 bits per heavy atom. The molecule has 140 valence electrons. The fourth-order valence-electron chi connectivity index (χ4n) is 3.55. The monoisotopic (exact) mass is 386 g/mol. The van der Waals surface area contributed by atoms with E-state index in [4.69, 9.17) is 0 Å². The van der Waals surface area contributed by atoms with Crippen molar-refractivity contribution in [2.24, 2.45) is 5.92 Å². The summed E-state index contributed by atoms with van der Waals surface area (Å²) in [7, 11) is -7.09. The number of rotatable bonds is 4. The number of hydrogen-bond acceptors (Lipinski definition) is 4. The van der Waals surface area contributed by atoms with Gasteiger partial charge in [-0.05, 0) is 55.9 Å². The molecule has 0 radical (unpaired) electrons. The molecular formula is C17H26N2O4S2. The molecule has 0 N–H and O–H groups in total. The van der Waals surface area contributed by atoms with E-state index in [1.165, 1.54) is 32.9 Å². The smallest absolute Gasteiger partial charge is 0.207 e. The molecule has 0 bridgehead atoms. The van der Waals surface area contributed by atoms with Gasteiger partial charge in [-0.2, -0.15) is 8.61 Å². The molecule has 3 rings (SSSR count). The van der Waals surface area contributed by atoms with Gasteiger partial charge in [0.2, 0.25) is 20.0 Å². The van der Waals surface area contributed by atoms with E-state index in [0.717, 1.165) is 32.1 Å². The first kappa shape index (κ1) is 18.8. The Bertz CT molecular complexity index is 798. The van der Waals surface area contributed by atoms with Crippen LogP contribution in [0.15, 0.2) is 34.1 Å². The molecule has 25 heavy (non-hydrogen) atoms. The molecule has 2 aliphatic rings. The van der Waals surface area contributed by atoms with Crippen molar-refractivity contribution in [3.63, 3.8) is 0 Å². The highest BCUT2D eigenvalue weighted by Crippen LogP contribution is 2.26. The minimum absolute atomic E-state index is 0.166. The van der Waals surface area contributed by atoms with E-state index in [1.807, 2.05) is 0 Å². The van der Waals surface area contributed by atoms with Crippen LogP contribution < -0.4 is 0 Å². The number of piperidine rings is 2. The Morgan fingerprint density at radius 3 is 1.76 bits per heavy atom. The summed E-state index contributed by atoms with van der Waals surface area (Å²) in [5.41, 5.74) is 0. The summed E-state index contributed by atoms with van der Waals surface area (Å²) in [5.74, 6) is 0.349. The van der Waals surface area contributed by atoms with Gasteiger partial charge < -0.3 is 0 Å². The van der Waals surface area contributed by atoms with Gasteiger partial charge in [0.1, 0.15) is 0 Å². The number of benzene rings is 1. The van der Waals surface area contributed by atoms with Crippen molar-refractivity contribution >= 4 is 20.0 Å². The summed E-state index contributed by atoms with van der Waals surface area (Å²) in [6.07, 6.45) is 4.70. The lowest BCUT2D eigenvalue weighted by Gasteiger charge is -2.30. The van der Waals surface area contributed by atoms with Crippen LogP contribution in [0, 0.1) is 5.92 Å². The highest BCUT2D eigenvalue weighted by Gasteiger charge is 2.30. The van der Waals surface area contributed by atoms with Crippen LogP contribution in [0.25, 0.3) is 0 Å². The van der Waals surface area contributed by atoms with Crippen LogP contribution in [-0.2, 0) is 20.0 Å². The van der Waals surface area contributed by atoms with Gasteiger partial charge in [-0.15, -0.1) is 0 Å². The standard InChI is InChI=1S/C17H26N2O4S2/c1-15-6-5-13-19(14-15)25(22,23)17-9-7-16(8-10-17)24(20,21)18-11-3-2-4-12-18/h7-10,15H,2-6,11-14H2,1H3/t15-/m1/s1. The van der Waals surface area contributed by atoms with Crippen molar-refractivity contribution in [2.45, 2.75) is 48.8 Å². The largest absolute Gasteiger partial charge is 0.243 e. The molecule has 0 saturated carbocycles. The molecule has 0 unspecified atom stereocenters. The third-order valence-electron chi connectivity index (χ3n) is 5.03. The SMILES string of the molecule is C[C@@H]1CCCN(S(=O)(=O)c2ccc(S(=O)(=O)N3CCCCC3)cc2)C1. The van der Waals surface area contributed by atoms with Crippen LogP contribution in [0.5, 0.6) is 0 Å². The molecule has 1 aromatic carbocycles. The lowest BCUT2D eigenvalue weighted by Crippen LogP contribution is -2.39. The fourth-order valence-corrected chi connectivity index (χ4v) is 6.67. The normalized spacial score (nSPS) is 24.3. The molecule has 2 fully saturated rings. The molecular weight excluding hydrogens is 360 g/mol. The van der Waals surface area contributed by atoms with Gasteiger partial charge in [0.25, 0.3) is 0 Å². The van der Waals surface area contributed by atoms with Crippen molar-refractivity contribution in [1.29, 1.82) is 0 Å². The molecule has 2 aliphatic heterocycles. The van der Waals surface area contributed by atoms with E-state index in [2.05, 4.69) is 6.92 Å². The summed E-state index contributed by atoms with van der Waals surface area (Å²) in [6, 6.07) is 5.69. The highest BCUT2D eigenvalue weighted by atomic mass is 32.2. The van der Waals surface area contributed by atoms with Gasteiger partial charge in [0, 0.05) is 26.2 Å². The van der Waals surface area contributed by atoms with Crippen LogP contribution >= 0.6 is 0 Å². The topological polar surface area (TPSA) is 74.8 Å². The molecule has 0 spiro atoms. The third-order valence-corrected chi connectivity index (χ3v) is 8.83. The predicted octanol–water partition coefficient (Wildman–Crippen LogP) is 2.28. The molecule has 0 amide bonds. The molecule has 0 aliphatic carbocycles. The Hall–Kier alpha value is -0.960. The Kier molecular flexibility index (Phi) is 5.53. The Balaban J connectivity index is 1.82. The average molecular weight is 387 g/mol. The minimum Gasteiger partial charge on any atom is -0.207 e. The summed E-state index contributed by atoms with van der Waals surface area (Å²) in [6.45, 7) is 4.18. The molecule has 0 aromatic heterocycles. The molecule has 2 heterocycles. The maximum absolute atomic E-state index is 12.8. The average Bonchev–Trinajstić information content (AvgIpc) is 2.62. The number of sulfonamides is 2. The van der Waals surface area contributed by atoms with Crippen LogP contribution in [-0.4, -0.2) is 51.6 Å². The molecule has 6 nitrogen and oxygen atoms in total. The Labute approximate surface area is 150 Å². The van der Waals surface area contributed by atoms with Crippen molar-refractivity contribution in [3.8, 4) is 0 Å². The second-order valence-electron chi connectivity index (χ2n) is 7.05. The van der Waals surface area contributed by atoms with E-state index in [9.17, 15) is 16.8 Å². The summed E-state index contributed by atoms with van der Waals surface area (Å²) >= 11 is 0. The van der Waals surface area contributed by atoms with E-state index in [0.29, 0.717) is 32.1 Å². The van der Waals surface area contributed by atoms with Gasteiger partial charge in [-0.25, -0.2) is 16.8 Å². The summed E-state index contributed by atoms with van der Waals surface area (Å²) in [5, 5.41) is 0. The van der Waals surface area contributed by atoms with Crippen LogP contribution in [0.2, 0.25) is 0 Å². The van der Waals surface area contributed by atoms with E-state index < -0.39 is 20.0 Å². The van der Waals surface area contributed by atoms with Gasteiger partial charge >= 0.3 is 0 Å². The zero-order chi connectivity index (χ0) is 18.1. The Morgan fingerprint density at radius 1 is 0.760 bits per heavy atom. The first-order chi connectivity index (χ1) is 11.8. The van der Waals surface area contributed by atoms with Gasteiger partial charge in [0.15, 0.2) is 0 Å². The highest BCUT2D eigenvalue weighted by molar-refractivity contribution is 7.89. The first-order valence-corrected chi connectivity index (χ1v) is 11.8. The maximum Gasteiger partial charge on any atom is 0.243 e. The van der Waals surface area contributed by atoms with Crippen molar-refractivity contribution in [2.75, 3.05) is 26.2 Å². The van der Waals surface area contributed by atoms with Crippen molar-refractivity contribution in [1.82, 2.24) is 8.61 Å².